The minimum atomic E-state index is -3.18. The average Bonchev–Trinajstić information content (AvgIpc) is 3.17. The van der Waals surface area contributed by atoms with Crippen LogP contribution in [0.5, 0.6) is 0 Å². The highest BCUT2D eigenvalue weighted by molar-refractivity contribution is 7.94. The Kier molecular flexibility index (Phi) is 4.90. The van der Waals surface area contributed by atoms with Gasteiger partial charge in [0, 0.05) is 29.6 Å². The zero-order chi connectivity index (χ0) is 22.6. The van der Waals surface area contributed by atoms with E-state index in [0.717, 1.165) is 0 Å². The van der Waals surface area contributed by atoms with Crippen LogP contribution in [-0.2, 0) is 15.3 Å². The fourth-order valence-electron chi connectivity index (χ4n) is 3.37. The molecule has 0 bridgehead atoms. The van der Waals surface area contributed by atoms with Crippen LogP contribution in [0.1, 0.15) is 26.3 Å². The first-order chi connectivity index (χ1) is 14.4. The third kappa shape index (κ3) is 3.59. The van der Waals surface area contributed by atoms with Gasteiger partial charge in [0.1, 0.15) is 21.9 Å². The van der Waals surface area contributed by atoms with E-state index in [2.05, 4.69) is 20.1 Å². The number of nitrogens with two attached hydrogens (primary N) is 1. The second kappa shape index (κ2) is 7.10. The van der Waals surface area contributed by atoms with Crippen LogP contribution < -0.4 is 5.73 Å². The van der Waals surface area contributed by atoms with Gasteiger partial charge < -0.3 is 10.3 Å². The summed E-state index contributed by atoms with van der Waals surface area (Å²) in [6.45, 7) is 4.85. The Bertz CT molecular complexity index is 1300. The van der Waals surface area contributed by atoms with Crippen LogP contribution in [-0.4, -0.2) is 35.7 Å². The van der Waals surface area contributed by atoms with E-state index >= 15 is 0 Å². The van der Waals surface area contributed by atoms with Gasteiger partial charge >= 0.3 is 0 Å². The van der Waals surface area contributed by atoms with Gasteiger partial charge in [-0.3, -0.25) is 9.77 Å². The van der Waals surface area contributed by atoms with Gasteiger partial charge in [-0.15, -0.1) is 0 Å². The zero-order valence-electron chi connectivity index (χ0n) is 17.0. The van der Waals surface area contributed by atoms with Gasteiger partial charge in [0.2, 0.25) is 0 Å². The van der Waals surface area contributed by atoms with Crippen LogP contribution in [0, 0.1) is 10.6 Å². The van der Waals surface area contributed by atoms with Gasteiger partial charge in [0.15, 0.2) is 17.3 Å². The number of nitrogens with one attached hydrogen (secondary N) is 1. The topological polar surface area (TPSA) is 131 Å². The SMILES string of the molecule is CC1(C)C(N)=N[C@](C)(c2cc(-c3cc(-c4ncc(Cl)cn4)no3)ccc2F)C[S@@]1(=N)=O. The standard InChI is InChI=1S/C20H20ClFN6O2S/c1-19(2)18(23)27-20(3,10-31(19,24)29)13-6-11(4-5-14(13)22)16-7-15(28-30-16)17-25-8-12(21)9-26-17/h4-9,24H,10H2,1-3H3,(H2,23,27)/t20-,31+/m0/s1. The lowest BCUT2D eigenvalue weighted by Gasteiger charge is -2.39. The molecule has 31 heavy (non-hydrogen) atoms. The molecule has 0 unspecified atom stereocenters. The summed E-state index contributed by atoms with van der Waals surface area (Å²) in [7, 11) is -3.18. The van der Waals surface area contributed by atoms with Gasteiger partial charge in [0.05, 0.1) is 20.5 Å². The van der Waals surface area contributed by atoms with Crippen molar-refractivity contribution in [2.45, 2.75) is 31.1 Å². The third-order valence-corrected chi connectivity index (χ3v) is 8.51. The second-order valence-electron chi connectivity index (χ2n) is 8.10. The molecule has 1 aromatic carbocycles. The molecule has 0 amide bonds. The molecule has 0 saturated carbocycles. The highest BCUT2D eigenvalue weighted by Crippen LogP contribution is 2.39. The summed E-state index contributed by atoms with van der Waals surface area (Å²) in [5.74, 6) is 0.0490. The van der Waals surface area contributed by atoms with Crippen molar-refractivity contribution in [2.75, 3.05) is 5.75 Å². The molecule has 2 atom stereocenters. The fraction of sp³-hybridized carbons (Fsp3) is 0.300. The molecular formula is C20H20ClFN6O2S. The molecule has 0 saturated heterocycles. The van der Waals surface area contributed by atoms with Crippen LogP contribution in [0.15, 0.2) is 46.2 Å². The number of aliphatic imine (C=N–C) groups is 1. The van der Waals surface area contributed by atoms with Crippen molar-refractivity contribution in [1.82, 2.24) is 15.1 Å². The molecule has 2 aromatic heterocycles. The number of nitrogens with zero attached hydrogens (tertiary/aromatic N) is 4. The molecule has 0 aliphatic carbocycles. The lowest BCUT2D eigenvalue weighted by Crippen LogP contribution is -2.54. The van der Waals surface area contributed by atoms with Gasteiger partial charge in [-0.1, -0.05) is 16.8 Å². The van der Waals surface area contributed by atoms with Crippen molar-refractivity contribution in [1.29, 1.82) is 4.78 Å². The number of benzene rings is 1. The van der Waals surface area contributed by atoms with Crippen molar-refractivity contribution >= 4 is 27.2 Å². The lowest BCUT2D eigenvalue weighted by molar-refractivity contribution is 0.434. The molecule has 162 valence electrons. The highest BCUT2D eigenvalue weighted by atomic mass is 35.5. The Balaban J connectivity index is 1.77. The number of aromatic nitrogens is 3. The average molecular weight is 463 g/mol. The van der Waals surface area contributed by atoms with Gasteiger partial charge in [0.25, 0.3) is 0 Å². The van der Waals surface area contributed by atoms with Crippen molar-refractivity contribution in [3.63, 3.8) is 0 Å². The number of hydrogen-bond donors (Lipinski definition) is 2. The smallest absolute Gasteiger partial charge is 0.181 e. The Labute approximate surface area is 183 Å². The van der Waals surface area contributed by atoms with Crippen LogP contribution in [0.25, 0.3) is 22.8 Å². The highest BCUT2D eigenvalue weighted by Gasteiger charge is 2.47. The zero-order valence-corrected chi connectivity index (χ0v) is 18.6. The maximum absolute atomic E-state index is 14.9. The van der Waals surface area contributed by atoms with Crippen LogP contribution >= 0.6 is 11.6 Å². The van der Waals surface area contributed by atoms with Crippen LogP contribution in [0.3, 0.4) is 0 Å². The molecule has 3 N–H and O–H groups in total. The summed E-state index contributed by atoms with van der Waals surface area (Å²) < 4.78 is 40.6. The quantitative estimate of drug-likeness (QED) is 0.604. The summed E-state index contributed by atoms with van der Waals surface area (Å²) in [5.41, 5.74) is 5.88. The van der Waals surface area contributed by atoms with Crippen molar-refractivity contribution in [2.24, 2.45) is 10.7 Å². The molecule has 3 heterocycles. The van der Waals surface area contributed by atoms with Crippen LogP contribution in [0.2, 0.25) is 5.02 Å². The van der Waals surface area contributed by atoms with Gasteiger partial charge in [-0.2, -0.15) is 0 Å². The summed E-state index contributed by atoms with van der Waals surface area (Å²) in [4.78, 5) is 12.7. The number of halogens is 2. The molecule has 11 heteroatoms. The molecule has 0 radical (unpaired) electrons. The number of hydrogen-bond acceptors (Lipinski definition) is 8. The van der Waals surface area contributed by atoms with Crippen molar-refractivity contribution in [3.8, 4) is 22.8 Å². The first-order valence-electron chi connectivity index (χ1n) is 9.30. The second-order valence-corrected chi connectivity index (χ2v) is 11.2. The van der Waals surface area contributed by atoms with Crippen LogP contribution in [0.4, 0.5) is 4.39 Å². The van der Waals surface area contributed by atoms with E-state index in [1.807, 2.05) is 0 Å². The first-order valence-corrected chi connectivity index (χ1v) is 11.4. The Morgan fingerprint density at radius 1 is 1.23 bits per heavy atom. The third-order valence-electron chi connectivity index (χ3n) is 5.48. The summed E-state index contributed by atoms with van der Waals surface area (Å²) in [6, 6.07) is 5.98. The molecule has 4 rings (SSSR count). The maximum atomic E-state index is 14.9. The molecular weight excluding hydrogens is 443 g/mol. The predicted octanol–water partition coefficient (Wildman–Crippen LogP) is 4.00. The molecule has 0 fully saturated rings. The van der Waals surface area contributed by atoms with E-state index < -0.39 is 25.8 Å². The molecule has 1 aliphatic heterocycles. The molecule has 0 spiro atoms. The van der Waals surface area contributed by atoms with E-state index in [1.165, 1.54) is 24.5 Å². The monoisotopic (exact) mass is 462 g/mol. The minimum Gasteiger partial charge on any atom is -0.386 e. The predicted molar refractivity (Wildman–Crippen MR) is 117 cm³/mol. The number of rotatable bonds is 3. The molecule has 1 aliphatic rings. The summed E-state index contributed by atoms with van der Waals surface area (Å²) in [6.07, 6.45) is 2.89. The maximum Gasteiger partial charge on any atom is 0.181 e. The largest absolute Gasteiger partial charge is 0.386 e. The fourth-order valence-corrected chi connectivity index (χ4v) is 5.22. The van der Waals surface area contributed by atoms with Gasteiger partial charge in [-0.05, 0) is 39.0 Å². The lowest BCUT2D eigenvalue weighted by atomic mass is 9.91. The Morgan fingerprint density at radius 2 is 1.90 bits per heavy atom. The van der Waals surface area contributed by atoms with E-state index in [-0.39, 0.29) is 17.2 Å². The first kappa shape index (κ1) is 21.4. The Morgan fingerprint density at radius 3 is 2.55 bits per heavy atom. The van der Waals surface area contributed by atoms with E-state index in [1.54, 1.807) is 32.9 Å². The van der Waals surface area contributed by atoms with Gasteiger partial charge in [-0.25, -0.2) is 18.6 Å². The van der Waals surface area contributed by atoms with E-state index in [9.17, 15) is 8.60 Å². The van der Waals surface area contributed by atoms with E-state index in [4.69, 9.17) is 26.6 Å². The summed E-state index contributed by atoms with van der Waals surface area (Å²) >= 11 is 5.81. The van der Waals surface area contributed by atoms with Crippen molar-refractivity contribution < 1.29 is 13.1 Å². The Hall–Kier alpha value is -2.85. The molecule has 3 aromatic rings. The van der Waals surface area contributed by atoms with E-state index in [0.29, 0.717) is 27.9 Å². The molecule has 8 nitrogen and oxygen atoms in total. The normalized spacial score (nSPS) is 25.3. The number of amidine groups is 1. The summed E-state index contributed by atoms with van der Waals surface area (Å²) in [5, 5.41) is 4.36. The van der Waals surface area contributed by atoms with Crippen molar-refractivity contribution in [3.05, 3.63) is 53.1 Å². The minimum absolute atomic E-state index is 0.0629.